The van der Waals surface area contributed by atoms with E-state index >= 15 is 0 Å². The normalized spacial score (nSPS) is 12.0. The lowest BCUT2D eigenvalue weighted by molar-refractivity contribution is -0.145. The summed E-state index contributed by atoms with van der Waals surface area (Å²) in [5, 5.41) is 10.1. The van der Waals surface area contributed by atoms with E-state index in [1.54, 1.807) is 0 Å². The number of ether oxygens (including phenoxy) is 1. The van der Waals surface area contributed by atoms with E-state index in [0.717, 1.165) is 5.56 Å². The molecule has 0 aliphatic carbocycles. The summed E-state index contributed by atoms with van der Waals surface area (Å²) in [6.07, 6.45) is 0.530. The number of rotatable bonds is 8. The minimum absolute atomic E-state index is 0.123. The third kappa shape index (κ3) is 5.90. The van der Waals surface area contributed by atoms with Crippen LogP contribution in [0.3, 0.4) is 0 Å². The lowest BCUT2D eigenvalue weighted by Crippen LogP contribution is -2.43. The molecule has 134 valence electrons. The molecule has 2 rings (SSSR count). The van der Waals surface area contributed by atoms with E-state index in [0.29, 0.717) is 17.4 Å². The van der Waals surface area contributed by atoms with Gasteiger partial charge in [-0.3, -0.25) is 9.89 Å². The minimum atomic E-state index is -0.634. The Bertz CT molecular complexity index is 703. The number of nitrogens with zero attached hydrogens (tertiary/aromatic N) is 2. The van der Waals surface area contributed by atoms with Gasteiger partial charge in [-0.1, -0.05) is 55.9 Å². The van der Waals surface area contributed by atoms with Gasteiger partial charge < -0.3 is 10.1 Å². The van der Waals surface area contributed by atoms with Gasteiger partial charge in [0.05, 0.1) is 12.9 Å². The van der Waals surface area contributed by atoms with Crippen molar-refractivity contribution < 1.29 is 14.3 Å². The number of carbonyl (C=O) groups excluding carboxylic acids is 2. The van der Waals surface area contributed by atoms with E-state index < -0.39 is 12.0 Å². The molecule has 2 N–H and O–H groups in total. The van der Waals surface area contributed by atoms with Gasteiger partial charge in [0, 0.05) is 5.56 Å². The highest BCUT2D eigenvalue weighted by molar-refractivity contribution is 7.99. The molecule has 2 aromatic rings. The predicted octanol–water partition coefficient (Wildman–Crippen LogP) is 2.27. The van der Waals surface area contributed by atoms with Crippen molar-refractivity contribution in [1.29, 1.82) is 0 Å². The molecule has 8 heteroatoms. The maximum absolute atomic E-state index is 12.1. The standard InChI is InChI=1S/C17H22N4O3S/c1-11(2)9-13(16(23)24-3)18-14(22)10-25-17-19-15(20-21-17)12-7-5-4-6-8-12/h4-8,11,13H,9-10H2,1-3H3,(H,18,22)(H,19,20,21)/t13-/m1/s1. The molecule has 0 spiro atoms. The zero-order valence-electron chi connectivity index (χ0n) is 14.5. The van der Waals surface area contributed by atoms with E-state index in [4.69, 9.17) is 4.74 Å². The molecule has 0 fully saturated rings. The molecule has 1 aromatic heterocycles. The van der Waals surface area contributed by atoms with Gasteiger partial charge in [0.25, 0.3) is 0 Å². The van der Waals surface area contributed by atoms with Crippen molar-refractivity contribution in [2.75, 3.05) is 12.9 Å². The predicted molar refractivity (Wildman–Crippen MR) is 95.9 cm³/mol. The van der Waals surface area contributed by atoms with Crippen LogP contribution in [0.5, 0.6) is 0 Å². The Balaban J connectivity index is 1.89. The van der Waals surface area contributed by atoms with Gasteiger partial charge in [0.1, 0.15) is 6.04 Å². The summed E-state index contributed by atoms with van der Waals surface area (Å²) in [5.74, 6) is 0.343. The molecule has 1 amide bonds. The van der Waals surface area contributed by atoms with Crippen LogP contribution in [-0.2, 0) is 14.3 Å². The van der Waals surface area contributed by atoms with Crippen molar-refractivity contribution in [1.82, 2.24) is 20.5 Å². The van der Waals surface area contributed by atoms with E-state index in [1.807, 2.05) is 44.2 Å². The average molecular weight is 362 g/mol. The number of hydrogen-bond donors (Lipinski definition) is 2. The van der Waals surface area contributed by atoms with E-state index in [9.17, 15) is 9.59 Å². The number of benzene rings is 1. The summed E-state index contributed by atoms with van der Waals surface area (Å²) in [4.78, 5) is 28.2. The third-order valence-electron chi connectivity index (χ3n) is 3.37. The fourth-order valence-electron chi connectivity index (χ4n) is 2.23. The number of amides is 1. The Hall–Kier alpha value is -2.35. The van der Waals surface area contributed by atoms with Gasteiger partial charge >= 0.3 is 5.97 Å². The number of nitrogens with one attached hydrogen (secondary N) is 2. The molecule has 0 saturated carbocycles. The topological polar surface area (TPSA) is 97.0 Å². The van der Waals surface area contributed by atoms with Crippen molar-refractivity contribution in [2.45, 2.75) is 31.5 Å². The van der Waals surface area contributed by atoms with E-state index in [1.165, 1.54) is 18.9 Å². The molecular formula is C17H22N4O3S. The first kappa shape index (κ1) is 19.0. The molecule has 0 bridgehead atoms. The maximum Gasteiger partial charge on any atom is 0.328 e. The highest BCUT2D eigenvalue weighted by Gasteiger charge is 2.22. The maximum atomic E-state index is 12.1. The Kier molecular flexibility index (Phi) is 7.00. The van der Waals surface area contributed by atoms with Crippen molar-refractivity contribution in [3.05, 3.63) is 30.3 Å². The zero-order valence-corrected chi connectivity index (χ0v) is 15.3. The molecule has 1 atom stereocenters. The molecule has 1 aromatic carbocycles. The first-order valence-corrected chi connectivity index (χ1v) is 8.96. The summed E-state index contributed by atoms with van der Waals surface area (Å²) >= 11 is 1.21. The second-order valence-corrected chi connectivity index (χ2v) is 6.84. The summed E-state index contributed by atoms with van der Waals surface area (Å²) in [6, 6.07) is 8.97. The van der Waals surface area contributed by atoms with Crippen LogP contribution in [0.4, 0.5) is 0 Å². The van der Waals surface area contributed by atoms with Gasteiger partial charge in [0.15, 0.2) is 5.82 Å². The number of esters is 1. The number of hydrogen-bond acceptors (Lipinski definition) is 6. The Morgan fingerprint density at radius 3 is 2.64 bits per heavy atom. The van der Waals surface area contributed by atoms with Gasteiger partial charge in [-0.2, -0.15) is 0 Å². The fourth-order valence-corrected chi connectivity index (χ4v) is 2.84. The molecule has 0 aliphatic rings. The quantitative estimate of drug-likeness (QED) is 0.552. The second-order valence-electron chi connectivity index (χ2n) is 5.89. The van der Waals surface area contributed by atoms with Crippen LogP contribution in [0.15, 0.2) is 35.5 Å². The first-order chi connectivity index (χ1) is 12.0. The van der Waals surface area contributed by atoms with Crippen molar-refractivity contribution >= 4 is 23.6 Å². The Labute approximate surface area is 150 Å². The molecule has 0 aliphatic heterocycles. The largest absolute Gasteiger partial charge is 0.467 e. The monoisotopic (exact) mass is 362 g/mol. The van der Waals surface area contributed by atoms with E-state index in [2.05, 4.69) is 20.5 Å². The number of carbonyl (C=O) groups is 2. The Morgan fingerprint density at radius 1 is 1.28 bits per heavy atom. The summed E-state index contributed by atoms with van der Waals surface area (Å²) in [6.45, 7) is 3.96. The van der Waals surface area contributed by atoms with Crippen molar-refractivity contribution in [3.8, 4) is 11.4 Å². The lowest BCUT2D eigenvalue weighted by Gasteiger charge is -2.17. The number of H-pyrrole nitrogens is 1. The van der Waals surface area contributed by atoms with Crippen LogP contribution in [0, 0.1) is 5.92 Å². The second kappa shape index (κ2) is 9.22. The number of thioether (sulfide) groups is 1. The van der Waals surface area contributed by atoms with Crippen LogP contribution in [0.2, 0.25) is 0 Å². The lowest BCUT2D eigenvalue weighted by atomic mass is 10.0. The average Bonchev–Trinajstić information content (AvgIpc) is 3.08. The van der Waals surface area contributed by atoms with Gasteiger partial charge in [0.2, 0.25) is 11.1 Å². The van der Waals surface area contributed by atoms with Crippen LogP contribution in [0.25, 0.3) is 11.4 Å². The highest BCUT2D eigenvalue weighted by atomic mass is 32.2. The first-order valence-electron chi connectivity index (χ1n) is 7.97. The van der Waals surface area contributed by atoms with Gasteiger partial charge in [-0.15, -0.1) is 5.10 Å². The minimum Gasteiger partial charge on any atom is -0.467 e. The molecule has 0 radical (unpaired) electrons. The van der Waals surface area contributed by atoms with Crippen LogP contribution < -0.4 is 5.32 Å². The summed E-state index contributed by atoms with van der Waals surface area (Å²) < 4.78 is 4.74. The molecule has 7 nitrogen and oxygen atoms in total. The van der Waals surface area contributed by atoms with Crippen LogP contribution >= 0.6 is 11.8 Å². The number of aromatic nitrogens is 3. The summed E-state index contributed by atoms with van der Waals surface area (Å²) in [5.41, 5.74) is 0.925. The molecule has 0 unspecified atom stereocenters. The fraction of sp³-hybridized carbons (Fsp3) is 0.412. The third-order valence-corrected chi connectivity index (χ3v) is 4.22. The zero-order chi connectivity index (χ0) is 18.2. The molecule has 25 heavy (non-hydrogen) atoms. The van der Waals surface area contributed by atoms with Crippen LogP contribution in [-0.4, -0.2) is 46.0 Å². The number of aromatic amines is 1. The smallest absolute Gasteiger partial charge is 0.328 e. The number of methoxy groups -OCH3 is 1. The SMILES string of the molecule is COC(=O)[C@@H](CC(C)C)NC(=O)CSc1n[nH]c(-c2ccccc2)n1. The molecular weight excluding hydrogens is 340 g/mol. The highest BCUT2D eigenvalue weighted by Crippen LogP contribution is 2.18. The molecule has 0 saturated heterocycles. The Morgan fingerprint density at radius 2 is 2.00 bits per heavy atom. The van der Waals surface area contributed by atoms with E-state index in [-0.39, 0.29) is 17.6 Å². The molecule has 1 heterocycles. The van der Waals surface area contributed by atoms with Gasteiger partial charge in [-0.25, -0.2) is 9.78 Å². The van der Waals surface area contributed by atoms with Crippen LogP contribution in [0.1, 0.15) is 20.3 Å². The van der Waals surface area contributed by atoms with Gasteiger partial charge in [-0.05, 0) is 12.3 Å². The van der Waals surface area contributed by atoms with Crippen molar-refractivity contribution in [3.63, 3.8) is 0 Å². The summed E-state index contributed by atoms with van der Waals surface area (Å²) in [7, 11) is 1.31. The van der Waals surface area contributed by atoms with Crippen molar-refractivity contribution in [2.24, 2.45) is 5.92 Å².